The summed E-state index contributed by atoms with van der Waals surface area (Å²) in [4.78, 5) is 11.0. The molecule has 3 heteroatoms. The maximum absolute atomic E-state index is 11.0. The first-order chi connectivity index (χ1) is 6.59. The van der Waals surface area contributed by atoms with Crippen molar-refractivity contribution in [3.05, 3.63) is 0 Å². The van der Waals surface area contributed by atoms with Crippen LogP contribution < -0.4 is 11.1 Å². The Kier molecular flexibility index (Phi) is 7.48. The molecule has 0 fully saturated rings. The van der Waals surface area contributed by atoms with Gasteiger partial charge in [-0.3, -0.25) is 4.79 Å². The molecule has 1 atom stereocenters. The van der Waals surface area contributed by atoms with Gasteiger partial charge in [0, 0.05) is 0 Å². The fourth-order valence-electron chi connectivity index (χ4n) is 1.47. The Morgan fingerprint density at radius 2 is 1.93 bits per heavy atom. The topological polar surface area (TPSA) is 55.1 Å². The average molecular weight is 200 g/mol. The maximum Gasteiger partial charge on any atom is 0.234 e. The van der Waals surface area contributed by atoms with Crippen LogP contribution in [0.2, 0.25) is 0 Å². The summed E-state index contributed by atoms with van der Waals surface area (Å²) >= 11 is 0. The Bertz CT molecular complexity index is 157. The van der Waals surface area contributed by atoms with Gasteiger partial charge in [-0.2, -0.15) is 0 Å². The minimum atomic E-state index is -0.240. The van der Waals surface area contributed by atoms with Gasteiger partial charge in [0.2, 0.25) is 5.91 Å². The highest BCUT2D eigenvalue weighted by atomic mass is 16.1. The molecule has 3 nitrogen and oxygen atoms in total. The molecule has 0 aliphatic heterocycles. The van der Waals surface area contributed by atoms with E-state index in [4.69, 9.17) is 5.73 Å². The van der Waals surface area contributed by atoms with Crippen LogP contribution in [0.15, 0.2) is 0 Å². The van der Waals surface area contributed by atoms with Gasteiger partial charge in [-0.15, -0.1) is 0 Å². The summed E-state index contributed by atoms with van der Waals surface area (Å²) in [6, 6.07) is -0.170. The van der Waals surface area contributed by atoms with E-state index in [1.807, 2.05) is 13.8 Å². The van der Waals surface area contributed by atoms with Crippen LogP contribution in [0.4, 0.5) is 0 Å². The lowest BCUT2D eigenvalue weighted by Crippen LogP contribution is -2.45. The monoisotopic (exact) mass is 200 g/mol. The number of hydrogen-bond acceptors (Lipinski definition) is 2. The molecule has 0 heterocycles. The molecule has 1 unspecified atom stereocenters. The fourth-order valence-corrected chi connectivity index (χ4v) is 1.47. The number of hydrogen-bond donors (Lipinski definition) is 2. The molecule has 0 radical (unpaired) electrons. The van der Waals surface area contributed by atoms with Crippen LogP contribution in [0.1, 0.15) is 46.5 Å². The summed E-state index contributed by atoms with van der Waals surface area (Å²) in [6.45, 7) is 7.10. The lowest BCUT2D eigenvalue weighted by atomic mass is 10.0. The first kappa shape index (κ1) is 13.4. The van der Waals surface area contributed by atoms with Crippen LogP contribution in [0.3, 0.4) is 0 Å². The highest BCUT2D eigenvalue weighted by Gasteiger charge is 2.17. The summed E-state index contributed by atoms with van der Waals surface area (Å²) in [5.41, 5.74) is 5.28. The van der Waals surface area contributed by atoms with E-state index in [1.165, 1.54) is 19.3 Å². The summed E-state index contributed by atoms with van der Waals surface area (Å²) < 4.78 is 0. The average Bonchev–Trinajstić information content (AvgIpc) is 2.09. The van der Waals surface area contributed by atoms with Gasteiger partial charge in [-0.1, -0.05) is 40.0 Å². The minimum absolute atomic E-state index is 0.170. The molecule has 14 heavy (non-hydrogen) atoms. The van der Waals surface area contributed by atoms with Crippen molar-refractivity contribution in [2.75, 3.05) is 6.54 Å². The Hall–Kier alpha value is -0.570. The molecule has 0 saturated carbocycles. The van der Waals surface area contributed by atoms with E-state index in [-0.39, 0.29) is 17.9 Å². The smallest absolute Gasteiger partial charge is 0.234 e. The second-order valence-electron chi connectivity index (χ2n) is 4.14. The van der Waals surface area contributed by atoms with Crippen LogP contribution in [0.25, 0.3) is 0 Å². The van der Waals surface area contributed by atoms with E-state index >= 15 is 0 Å². The largest absolute Gasteiger partial charge is 0.368 e. The fraction of sp³-hybridized carbons (Fsp3) is 0.909. The van der Waals surface area contributed by atoms with Gasteiger partial charge in [0.25, 0.3) is 0 Å². The summed E-state index contributed by atoms with van der Waals surface area (Å²) in [5, 5.41) is 3.20. The van der Waals surface area contributed by atoms with Gasteiger partial charge in [0.15, 0.2) is 0 Å². The van der Waals surface area contributed by atoms with E-state index in [2.05, 4.69) is 12.2 Å². The third kappa shape index (κ3) is 5.97. The molecule has 0 aromatic rings. The molecule has 1 amide bonds. The molecule has 0 saturated heterocycles. The Morgan fingerprint density at radius 3 is 2.36 bits per heavy atom. The third-order valence-corrected chi connectivity index (χ3v) is 2.37. The van der Waals surface area contributed by atoms with Crippen molar-refractivity contribution in [2.45, 2.75) is 52.5 Å². The lowest BCUT2D eigenvalue weighted by molar-refractivity contribution is -0.121. The molecule has 0 aromatic carbocycles. The predicted molar refractivity (Wildman–Crippen MR) is 60.0 cm³/mol. The van der Waals surface area contributed by atoms with Crippen molar-refractivity contribution >= 4 is 5.91 Å². The molecule has 0 rings (SSSR count). The number of rotatable bonds is 8. The molecule has 0 aliphatic rings. The van der Waals surface area contributed by atoms with Crippen molar-refractivity contribution in [2.24, 2.45) is 11.7 Å². The molecule has 0 aliphatic carbocycles. The number of nitrogens with two attached hydrogens (primary N) is 1. The number of nitrogens with one attached hydrogen (secondary N) is 1. The van der Waals surface area contributed by atoms with Crippen molar-refractivity contribution in [1.29, 1.82) is 0 Å². The van der Waals surface area contributed by atoms with E-state index in [1.54, 1.807) is 0 Å². The zero-order valence-electron chi connectivity index (χ0n) is 9.68. The molecule has 84 valence electrons. The van der Waals surface area contributed by atoms with Crippen molar-refractivity contribution in [3.8, 4) is 0 Å². The highest BCUT2D eigenvalue weighted by Crippen LogP contribution is 2.02. The number of primary amides is 1. The number of unbranched alkanes of at least 4 members (excludes halogenated alkanes) is 3. The summed E-state index contributed by atoms with van der Waals surface area (Å²) in [6.07, 6.45) is 4.87. The zero-order valence-corrected chi connectivity index (χ0v) is 9.68. The van der Waals surface area contributed by atoms with Crippen molar-refractivity contribution < 1.29 is 4.79 Å². The second kappa shape index (κ2) is 7.80. The van der Waals surface area contributed by atoms with E-state index in [0.29, 0.717) is 0 Å². The molecule has 0 aromatic heterocycles. The van der Waals surface area contributed by atoms with Crippen LogP contribution in [0.5, 0.6) is 0 Å². The number of carbonyl (C=O) groups is 1. The van der Waals surface area contributed by atoms with E-state index in [9.17, 15) is 4.79 Å². The van der Waals surface area contributed by atoms with E-state index in [0.717, 1.165) is 13.0 Å². The van der Waals surface area contributed by atoms with Gasteiger partial charge in [0.05, 0.1) is 6.04 Å². The van der Waals surface area contributed by atoms with E-state index < -0.39 is 0 Å². The van der Waals surface area contributed by atoms with Crippen molar-refractivity contribution in [3.63, 3.8) is 0 Å². The van der Waals surface area contributed by atoms with Crippen molar-refractivity contribution in [1.82, 2.24) is 5.32 Å². The zero-order chi connectivity index (χ0) is 11.0. The third-order valence-electron chi connectivity index (χ3n) is 2.37. The SMILES string of the molecule is CCCCCCNC(C(N)=O)C(C)C. The summed E-state index contributed by atoms with van der Waals surface area (Å²) in [5.74, 6) is 0.0363. The molecular weight excluding hydrogens is 176 g/mol. The lowest BCUT2D eigenvalue weighted by Gasteiger charge is -2.18. The first-order valence-corrected chi connectivity index (χ1v) is 5.62. The van der Waals surface area contributed by atoms with Crippen LogP contribution in [-0.4, -0.2) is 18.5 Å². The maximum atomic E-state index is 11.0. The van der Waals surface area contributed by atoms with Crippen LogP contribution >= 0.6 is 0 Å². The normalized spacial score (nSPS) is 13.1. The summed E-state index contributed by atoms with van der Waals surface area (Å²) in [7, 11) is 0. The van der Waals surface area contributed by atoms with Gasteiger partial charge >= 0.3 is 0 Å². The molecular formula is C11H24N2O. The van der Waals surface area contributed by atoms with Gasteiger partial charge in [-0.25, -0.2) is 0 Å². The second-order valence-corrected chi connectivity index (χ2v) is 4.14. The Labute approximate surface area is 87.4 Å². The molecule has 3 N–H and O–H groups in total. The predicted octanol–water partition coefficient (Wildman–Crippen LogP) is 1.67. The Balaban J connectivity index is 3.57. The van der Waals surface area contributed by atoms with Gasteiger partial charge in [0.1, 0.15) is 0 Å². The number of carbonyl (C=O) groups excluding carboxylic acids is 1. The number of amides is 1. The van der Waals surface area contributed by atoms with Gasteiger partial charge in [-0.05, 0) is 18.9 Å². The van der Waals surface area contributed by atoms with Gasteiger partial charge < -0.3 is 11.1 Å². The van der Waals surface area contributed by atoms with Crippen LogP contribution in [-0.2, 0) is 4.79 Å². The molecule has 0 bridgehead atoms. The standard InChI is InChI=1S/C11H24N2O/c1-4-5-6-7-8-13-10(9(2)3)11(12)14/h9-10,13H,4-8H2,1-3H3,(H2,12,14). The Morgan fingerprint density at radius 1 is 1.29 bits per heavy atom. The minimum Gasteiger partial charge on any atom is -0.368 e. The van der Waals surface area contributed by atoms with Crippen LogP contribution in [0, 0.1) is 5.92 Å². The first-order valence-electron chi connectivity index (χ1n) is 5.62. The molecule has 0 spiro atoms. The highest BCUT2D eigenvalue weighted by molar-refractivity contribution is 5.80. The quantitative estimate of drug-likeness (QED) is 0.586.